The number of carbonyl (C=O) groups is 1. The third kappa shape index (κ3) is 3.34. The number of likely N-dealkylation sites (N-methyl/N-ethyl adjacent to an activating group) is 1. The summed E-state index contributed by atoms with van der Waals surface area (Å²) >= 11 is 1.49. The summed E-state index contributed by atoms with van der Waals surface area (Å²) in [6.07, 6.45) is 8.54. The lowest BCUT2D eigenvalue weighted by atomic mass is 10.0. The van der Waals surface area contributed by atoms with Crippen LogP contribution in [0, 0.1) is 0 Å². The van der Waals surface area contributed by atoms with Gasteiger partial charge >= 0.3 is 0 Å². The van der Waals surface area contributed by atoms with Crippen molar-refractivity contribution < 1.29 is 4.79 Å². The first kappa shape index (κ1) is 15.1. The van der Waals surface area contributed by atoms with E-state index < -0.39 is 0 Å². The number of hydrogen-bond donors (Lipinski definition) is 0. The molecule has 0 saturated carbocycles. The predicted octanol–water partition coefficient (Wildman–Crippen LogP) is 2.56. The van der Waals surface area contributed by atoms with Crippen LogP contribution in [0.1, 0.15) is 24.8 Å². The lowest BCUT2D eigenvalue weighted by molar-refractivity contribution is -0.125. The molecule has 5 nitrogen and oxygen atoms in total. The first-order valence-corrected chi connectivity index (χ1v) is 8.43. The number of nitrogens with zero attached hydrogens (tertiary/aromatic N) is 4. The molecule has 2 aromatic heterocycles. The van der Waals surface area contributed by atoms with Gasteiger partial charge in [-0.05, 0) is 31.0 Å². The van der Waals surface area contributed by atoms with Gasteiger partial charge in [0.25, 0.3) is 0 Å². The average Bonchev–Trinajstić information content (AvgIpc) is 3.09. The molecule has 1 amide bonds. The van der Waals surface area contributed by atoms with Crippen molar-refractivity contribution in [2.75, 3.05) is 18.5 Å². The van der Waals surface area contributed by atoms with Crippen LogP contribution in [-0.4, -0.2) is 40.4 Å². The van der Waals surface area contributed by atoms with Crippen molar-refractivity contribution in [3.8, 4) is 0 Å². The molecule has 0 spiro atoms. The van der Waals surface area contributed by atoms with Crippen molar-refractivity contribution >= 4 is 22.4 Å². The molecule has 1 aliphatic heterocycles. The third-order valence-corrected chi connectivity index (χ3v) is 4.89. The fourth-order valence-electron chi connectivity index (χ4n) is 2.89. The Labute approximate surface area is 134 Å². The third-order valence-electron chi connectivity index (χ3n) is 4.04. The number of amides is 1. The minimum Gasteiger partial charge on any atom is -0.290 e. The van der Waals surface area contributed by atoms with E-state index in [4.69, 9.17) is 0 Å². The van der Waals surface area contributed by atoms with E-state index in [0.29, 0.717) is 0 Å². The topological polar surface area (TPSA) is 49.3 Å². The number of likely N-dealkylation sites (tertiary alicyclic amines) is 1. The highest BCUT2D eigenvalue weighted by atomic mass is 32.1. The molecule has 1 aliphatic rings. The minimum atomic E-state index is -0.0668. The molecule has 1 saturated heterocycles. The van der Waals surface area contributed by atoms with Crippen LogP contribution in [0.4, 0.5) is 5.13 Å². The zero-order valence-corrected chi connectivity index (χ0v) is 13.5. The fourth-order valence-corrected chi connectivity index (χ4v) is 3.50. The molecule has 0 radical (unpaired) electrons. The molecule has 3 heterocycles. The van der Waals surface area contributed by atoms with Crippen molar-refractivity contribution in [1.82, 2.24) is 14.9 Å². The van der Waals surface area contributed by atoms with Gasteiger partial charge in [0, 0.05) is 37.6 Å². The van der Waals surface area contributed by atoms with Crippen molar-refractivity contribution in [3.05, 3.63) is 41.7 Å². The second-order valence-electron chi connectivity index (χ2n) is 5.56. The molecule has 0 aliphatic carbocycles. The highest BCUT2D eigenvalue weighted by molar-refractivity contribution is 7.13. The normalized spacial score (nSPS) is 19.0. The zero-order valence-electron chi connectivity index (χ0n) is 12.7. The van der Waals surface area contributed by atoms with Gasteiger partial charge in [0.2, 0.25) is 5.91 Å². The Bertz CT molecular complexity index is 602. The van der Waals surface area contributed by atoms with E-state index in [-0.39, 0.29) is 11.9 Å². The molecule has 3 rings (SSSR count). The van der Waals surface area contributed by atoms with E-state index in [1.54, 1.807) is 17.3 Å². The summed E-state index contributed by atoms with van der Waals surface area (Å²) in [6, 6.07) is 3.94. The van der Waals surface area contributed by atoms with Crippen molar-refractivity contribution in [3.63, 3.8) is 0 Å². The van der Waals surface area contributed by atoms with E-state index >= 15 is 0 Å². The maximum atomic E-state index is 12.8. The largest absolute Gasteiger partial charge is 0.290 e. The van der Waals surface area contributed by atoms with Gasteiger partial charge in [0.15, 0.2) is 5.13 Å². The zero-order chi connectivity index (χ0) is 15.4. The molecular weight excluding hydrogens is 296 g/mol. The summed E-state index contributed by atoms with van der Waals surface area (Å²) in [7, 11) is 1.82. The highest BCUT2D eigenvalue weighted by Gasteiger charge is 2.31. The van der Waals surface area contributed by atoms with Gasteiger partial charge in [-0.1, -0.05) is 12.5 Å². The first-order chi connectivity index (χ1) is 10.8. The summed E-state index contributed by atoms with van der Waals surface area (Å²) in [5, 5.41) is 2.66. The summed E-state index contributed by atoms with van der Waals surface area (Å²) in [5.41, 5.74) is 1.15. The standard InChI is InChI=1S/C16H20N4OS/c1-19(16-18-8-10-22-16)15(21)14-6-2-3-9-20(14)12-13-5-4-7-17-11-13/h4-5,7-8,10-11,14H,2-3,6,9,12H2,1H3/t14-/m1/s1. The Balaban J connectivity index is 1.73. The van der Waals surface area contributed by atoms with E-state index in [1.165, 1.54) is 11.3 Å². The number of hydrogen-bond acceptors (Lipinski definition) is 5. The number of anilines is 1. The van der Waals surface area contributed by atoms with Crippen molar-refractivity contribution in [2.24, 2.45) is 0 Å². The maximum Gasteiger partial charge on any atom is 0.245 e. The van der Waals surface area contributed by atoms with Gasteiger partial charge in [-0.25, -0.2) is 4.98 Å². The summed E-state index contributed by atoms with van der Waals surface area (Å²) < 4.78 is 0. The Hall–Kier alpha value is -1.79. The number of carbonyl (C=O) groups excluding carboxylic acids is 1. The Kier molecular flexibility index (Phi) is 4.80. The van der Waals surface area contributed by atoms with Crippen LogP contribution in [0.5, 0.6) is 0 Å². The minimum absolute atomic E-state index is 0.0668. The van der Waals surface area contributed by atoms with Crippen LogP contribution in [-0.2, 0) is 11.3 Å². The molecule has 116 valence electrons. The van der Waals surface area contributed by atoms with E-state index in [2.05, 4.69) is 20.9 Å². The van der Waals surface area contributed by atoms with Crippen LogP contribution in [0.25, 0.3) is 0 Å². The number of aromatic nitrogens is 2. The first-order valence-electron chi connectivity index (χ1n) is 7.56. The lowest BCUT2D eigenvalue weighted by Gasteiger charge is -2.36. The number of pyridine rings is 1. The Morgan fingerprint density at radius 2 is 2.36 bits per heavy atom. The SMILES string of the molecule is CN(C(=O)[C@H]1CCCCN1Cc1cccnc1)c1nccs1. The van der Waals surface area contributed by atoms with Gasteiger partial charge in [0.05, 0.1) is 6.04 Å². The van der Waals surface area contributed by atoms with Gasteiger partial charge < -0.3 is 0 Å². The second kappa shape index (κ2) is 6.98. The van der Waals surface area contributed by atoms with Crippen LogP contribution in [0.3, 0.4) is 0 Å². The Morgan fingerprint density at radius 3 is 3.09 bits per heavy atom. The lowest BCUT2D eigenvalue weighted by Crippen LogP contribution is -2.49. The van der Waals surface area contributed by atoms with Gasteiger partial charge in [0.1, 0.15) is 0 Å². The summed E-state index contributed by atoms with van der Waals surface area (Å²) in [4.78, 5) is 25.2. The van der Waals surface area contributed by atoms with Gasteiger partial charge in [-0.2, -0.15) is 0 Å². The van der Waals surface area contributed by atoms with Crippen LogP contribution >= 0.6 is 11.3 Å². The number of rotatable bonds is 4. The van der Waals surface area contributed by atoms with Crippen LogP contribution in [0.15, 0.2) is 36.1 Å². The quantitative estimate of drug-likeness (QED) is 0.870. The highest BCUT2D eigenvalue weighted by Crippen LogP contribution is 2.24. The molecular formula is C16H20N4OS. The van der Waals surface area contributed by atoms with Crippen LogP contribution < -0.4 is 4.90 Å². The molecule has 0 N–H and O–H groups in total. The monoisotopic (exact) mass is 316 g/mol. The smallest absolute Gasteiger partial charge is 0.245 e. The molecule has 1 atom stereocenters. The summed E-state index contributed by atoms with van der Waals surface area (Å²) in [6.45, 7) is 1.73. The van der Waals surface area contributed by atoms with Gasteiger partial charge in [-0.15, -0.1) is 11.3 Å². The molecule has 2 aromatic rings. The summed E-state index contributed by atoms with van der Waals surface area (Å²) in [5.74, 6) is 0.138. The van der Waals surface area contributed by atoms with E-state index in [1.807, 2.05) is 24.7 Å². The number of thiazole rings is 1. The van der Waals surface area contributed by atoms with Crippen molar-refractivity contribution in [2.45, 2.75) is 31.8 Å². The van der Waals surface area contributed by atoms with E-state index in [9.17, 15) is 4.79 Å². The molecule has 6 heteroatoms. The molecule has 0 aromatic carbocycles. The molecule has 1 fully saturated rings. The second-order valence-corrected chi connectivity index (χ2v) is 6.43. The van der Waals surface area contributed by atoms with E-state index in [0.717, 1.165) is 43.0 Å². The van der Waals surface area contributed by atoms with Crippen molar-refractivity contribution in [1.29, 1.82) is 0 Å². The van der Waals surface area contributed by atoms with Crippen LogP contribution in [0.2, 0.25) is 0 Å². The fraction of sp³-hybridized carbons (Fsp3) is 0.438. The average molecular weight is 316 g/mol. The van der Waals surface area contributed by atoms with Gasteiger partial charge in [-0.3, -0.25) is 19.6 Å². The predicted molar refractivity (Wildman–Crippen MR) is 87.8 cm³/mol. The maximum absolute atomic E-state index is 12.8. The Morgan fingerprint density at radius 1 is 1.45 bits per heavy atom. The molecule has 0 bridgehead atoms. The molecule has 0 unspecified atom stereocenters. The number of piperidine rings is 1. The molecule has 22 heavy (non-hydrogen) atoms.